The van der Waals surface area contributed by atoms with Gasteiger partial charge in [-0.1, -0.05) is 15.9 Å². The number of alkyl halides is 1. The summed E-state index contributed by atoms with van der Waals surface area (Å²) in [6.07, 6.45) is 1.99. The lowest BCUT2D eigenvalue weighted by molar-refractivity contribution is -0.197. The highest BCUT2D eigenvalue weighted by Crippen LogP contribution is 2.17. The molecule has 0 aromatic carbocycles. The van der Waals surface area contributed by atoms with E-state index in [0.29, 0.717) is 0 Å². The zero-order valence-electron chi connectivity index (χ0n) is 6.82. The second kappa shape index (κ2) is 5.10. The average Bonchev–Trinajstić information content (AvgIpc) is 2.00. The molecule has 3 heteroatoms. The van der Waals surface area contributed by atoms with Crippen molar-refractivity contribution in [3.63, 3.8) is 0 Å². The molecule has 2 nitrogen and oxygen atoms in total. The van der Waals surface area contributed by atoms with Gasteiger partial charge >= 0.3 is 0 Å². The van der Waals surface area contributed by atoms with Gasteiger partial charge in [0.15, 0.2) is 5.79 Å². The van der Waals surface area contributed by atoms with Crippen LogP contribution in [-0.4, -0.2) is 25.3 Å². The molecule has 0 spiro atoms. The third-order valence-electron chi connectivity index (χ3n) is 1.63. The van der Waals surface area contributed by atoms with E-state index in [1.165, 1.54) is 0 Å². The Morgan fingerprint density at radius 1 is 1.30 bits per heavy atom. The Hall–Kier alpha value is 0.400. The first-order valence-corrected chi connectivity index (χ1v) is 4.47. The molecule has 0 aliphatic carbocycles. The normalized spacial score (nSPS) is 12.0. The predicted molar refractivity (Wildman–Crippen MR) is 45.5 cm³/mol. The average molecular weight is 211 g/mol. The minimum Gasteiger partial charge on any atom is -0.353 e. The maximum Gasteiger partial charge on any atom is 0.164 e. The molecule has 0 fully saturated rings. The van der Waals surface area contributed by atoms with Gasteiger partial charge in [-0.25, -0.2) is 0 Å². The number of ether oxygens (including phenoxy) is 2. The molecule has 0 saturated heterocycles. The molecule has 0 bridgehead atoms. The summed E-state index contributed by atoms with van der Waals surface area (Å²) in [6.45, 7) is 1.94. The molecule has 0 aliphatic heterocycles. The van der Waals surface area contributed by atoms with Crippen molar-refractivity contribution in [2.45, 2.75) is 25.6 Å². The minimum atomic E-state index is -0.395. The summed E-state index contributed by atoms with van der Waals surface area (Å²) in [6, 6.07) is 0. The molecular weight excluding hydrogens is 196 g/mol. The highest BCUT2D eigenvalue weighted by Gasteiger charge is 2.20. The van der Waals surface area contributed by atoms with Crippen molar-refractivity contribution < 1.29 is 9.47 Å². The van der Waals surface area contributed by atoms with Gasteiger partial charge < -0.3 is 9.47 Å². The van der Waals surface area contributed by atoms with Crippen molar-refractivity contribution in [1.82, 2.24) is 0 Å². The van der Waals surface area contributed by atoms with E-state index in [2.05, 4.69) is 15.9 Å². The van der Waals surface area contributed by atoms with Crippen LogP contribution in [0, 0.1) is 0 Å². The molecule has 0 aromatic rings. The summed E-state index contributed by atoms with van der Waals surface area (Å²) >= 11 is 3.35. The molecule has 0 saturated carbocycles. The van der Waals surface area contributed by atoms with Gasteiger partial charge in [0, 0.05) is 26.0 Å². The molecule has 0 N–H and O–H groups in total. The van der Waals surface area contributed by atoms with Crippen LogP contribution in [0.1, 0.15) is 19.8 Å². The predicted octanol–water partition coefficient (Wildman–Crippen LogP) is 2.17. The number of hydrogen-bond donors (Lipinski definition) is 0. The lowest BCUT2D eigenvalue weighted by Gasteiger charge is -2.25. The Kier molecular flexibility index (Phi) is 5.31. The van der Waals surface area contributed by atoms with Crippen molar-refractivity contribution >= 4 is 15.9 Å². The van der Waals surface area contributed by atoms with Crippen molar-refractivity contribution in [2.75, 3.05) is 19.5 Å². The SMILES string of the molecule is COC(C)(CCCBr)OC. The maximum atomic E-state index is 5.15. The molecule has 0 rings (SSSR count). The van der Waals surface area contributed by atoms with Crippen molar-refractivity contribution in [2.24, 2.45) is 0 Å². The number of rotatable bonds is 5. The first-order valence-electron chi connectivity index (χ1n) is 3.35. The van der Waals surface area contributed by atoms with Gasteiger partial charge in [-0.15, -0.1) is 0 Å². The van der Waals surface area contributed by atoms with Gasteiger partial charge in [-0.2, -0.15) is 0 Å². The second-order valence-electron chi connectivity index (χ2n) is 2.33. The summed E-state index contributed by atoms with van der Waals surface area (Å²) in [5.41, 5.74) is 0. The molecule has 0 unspecified atom stereocenters. The fourth-order valence-electron chi connectivity index (χ4n) is 0.675. The van der Waals surface area contributed by atoms with E-state index >= 15 is 0 Å². The first kappa shape index (κ1) is 10.4. The Morgan fingerprint density at radius 3 is 2.10 bits per heavy atom. The molecule has 62 valence electrons. The van der Waals surface area contributed by atoms with E-state index in [4.69, 9.17) is 9.47 Å². The lowest BCUT2D eigenvalue weighted by atomic mass is 10.2. The Morgan fingerprint density at radius 2 is 1.80 bits per heavy atom. The standard InChI is InChI=1S/C7H15BrO2/c1-7(9-2,10-3)5-4-6-8/h4-6H2,1-3H3. The van der Waals surface area contributed by atoms with Gasteiger partial charge in [0.2, 0.25) is 0 Å². The fraction of sp³-hybridized carbons (Fsp3) is 1.00. The molecule has 0 amide bonds. The van der Waals surface area contributed by atoms with Crippen LogP contribution in [-0.2, 0) is 9.47 Å². The second-order valence-corrected chi connectivity index (χ2v) is 3.13. The number of hydrogen-bond acceptors (Lipinski definition) is 2. The van der Waals surface area contributed by atoms with Crippen molar-refractivity contribution in [3.8, 4) is 0 Å². The Labute approximate surface area is 71.0 Å². The van der Waals surface area contributed by atoms with E-state index in [1.54, 1.807) is 14.2 Å². The quantitative estimate of drug-likeness (QED) is 0.512. The summed E-state index contributed by atoms with van der Waals surface area (Å²) < 4.78 is 10.3. The summed E-state index contributed by atoms with van der Waals surface area (Å²) in [7, 11) is 3.33. The van der Waals surface area contributed by atoms with Gasteiger partial charge in [-0.05, 0) is 13.3 Å². The Bertz CT molecular complexity index is 81.7. The van der Waals surface area contributed by atoms with Gasteiger partial charge in [0.25, 0.3) is 0 Å². The third-order valence-corrected chi connectivity index (χ3v) is 2.19. The van der Waals surface area contributed by atoms with Crippen LogP contribution in [0.4, 0.5) is 0 Å². The first-order chi connectivity index (χ1) is 4.68. The van der Waals surface area contributed by atoms with Crippen LogP contribution >= 0.6 is 15.9 Å². The molecule has 0 atom stereocenters. The highest BCUT2D eigenvalue weighted by molar-refractivity contribution is 9.09. The molecule has 10 heavy (non-hydrogen) atoms. The van der Waals surface area contributed by atoms with Crippen molar-refractivity contribution in [1.29, 1.82) is 0 Å². The summed E-state index contributed by atoms with van der Waals surface area (Å²) in [4.78, 5) is 0. The van der Waals surface area contributed by atoms with Crippen LogP contribution in [0.25, 0.3) is 0 Å². The van der Waals surface area contributed by atoms with Gasteiger partial charge in [0.1, 0.15) is 0 Å². The monoisotopic (exact) mass is 210 g/mol. The third kappa shape index (κ3) is 3.54. The van der Waals surface area contributed by atoms with Gasteiger partial charge in [-0.3, -0.25) is 0 Å². The molecule has 0 aliphatic rings. The van der Waals surface area contributed by atoms with E-state index in [9.17, 15) is 0 Å². The number of methoxy groups -OCH3 is 2. The minimum absolute atomic E-state index is 0.395. The topological polar surface area (TPSA) is 18.5 Å². The fourth-order valence-corrected chi connectivity index (χ4v) is 0.956. The smallest absolute Gasteiger partial charge is 0.164 e. The highest BCUT2D eigenvalue weighted by atomic mass is 79.9. The number of halogens is 1. The zero-order chi connectivity index (χ0) is 8.04. The summed E-state index contributed by atoms with van der Waals surface area (Å²) in [5.74, 6) is -0.395. The van der Waals surface area contributed by atoms with Crippen LogP contribution < -0.4 is 0 Å². The van der Waals surface area contributed by atoms with E-state index in [-0.39, 0.29) is 0 Å². The maximum absolute atomic E-state index is 5.15. The molecular formula is C7H15BrO2. The largest absolute Gasteiger partial charge is 0.353 e. The summed E-state index contributed by atoms with van der Waals surface area (Å²) in [5, 5.41) is 0.995. The van der Waals surface area contributed by atoms with E-state index in [0.717, 1.165) is 18.2 Å². The van der Waals surface area contributed by atoms with E-state index < -0.39 is 5.79 Å². The molecule has 0 aromatic heterocycles. The Balaban J connectivity index is 3.58. The van der Waals surface area contributed by atoms with Crippen LogP contribution in [0.2, 0.25) is 0 Å². The van der Waals surface area contributed by atoms with Gasteiger partial charge in [0.05, 0.1) is 0 Å². The van der Waals surface area contributed by atoms with Crippen LogP contribution in [0.15, 0.2) is 0 Å². The van der Waals surface area contributed by atoms with Crippen LogP contribution in [0.3, 0.4) is 0 Å². The zero-order valence-corrected chi connectivity index (χ0v) is 8.40. The van der Waals surface area contributed by atoms with Crippen molar-refractivity contribution in [3.05, 3.63) is 0 Å². The molecule has 0 heterocycles. The van der Waals surface area contributed by atoms with E-state index in [1.807, 2.05) is 6.92 Å². The molecule has 0 radical (unpaired) electrons. The van der Waals surface area contributed by atoms with Crippen LogP contribution in [0.5, 0.6) is 0 Å². The lowest BCUT2D eigenvalue weighted by Crippen LogP contribution is -2.29.